The third-order valence-corrected chi connectivity index (χ3v) is 2.69. The molecule has 0 radical (unpaired) electrons. The lowest BCUT2D eigenvalue weighted by molar-refractivity contribution is 0.299. The molecule has 6 nitrogen and oxygen atoms in total. The summed E-state index contributed by atoms with van der Waals surface area (Å²) in [5.41, 5.74) is 0.771. The zero-order valence-corrected chi connectivity index (χ0v) is 11.8. The van der Waals surface area contributed by atoms with Crippen LogP contribution in [0, 0.1) is 6.92 Å². The second kappa shape index (κ2) is 7.37. The van der Waals surface area contributed by atoms with Crippen molar-refractivity contribution in [2.45, 2.75) is 33.3 Å². The maximum absolute atomic E-state index is 5.72. The molecule has 106 valence electrons. The molecule has 0 spiro atoms. The number of nitrogens with zero attached hydrogens (tertiary/aromatic N) is 4. The molecule has 2 aromatic rings. The van der Waals surface area contributed by atoms with Gasteiger partial charge in [-0.05, 0) is 13.3 Å². The SMILES string of the molecule is CCCCNc1nc(C)ncc1OCc1cnccn1. The predicted molar refractivity (Wildman–Crippen MR) is 76.5 cm³/mol. The van der Waals surface area contributed by atoms with Crippen LogP contribution in [0.15, 0.2) is 24.8 Å². The lowest BCUT2D eigenvalue weighted by Gasteiger charge is -2.12. The Kier molecular flexibility index (Phi) is 5.23. The lowest BCUT2D eigenvalue weighted by atomic mass is 10.3. The van der Waals surface area contributed by atoms with Gasteiger partial charge >= 0.3 is 0 Å². The number of ether oxygens (including phenoxy) is 1. The molecule has 0 fully saturated rings. The molecule has 0 bridgehead atoms. The molecule has 0 aromatic carbocycles. The van der Waals surface area contributed by atoms with E-state index in [0.29, 0.717) is 12.4 Å². The normalized spacial score (nSPS) is 10.3. The minimum absolute atomic E-state index is 0.350. The Labute approximate surface area is 118 Å². The molecule has 0 saturated carbocycles. The van der Waals surface area contributed by atoms with Crippen molar-refractivity contribution >= 4 is 5.82 Å². The summed E-state index contributed by atoms with van der Waals surface area (Å²) in [6.45, 7) is 5.23. The molecule has 2 aromatic heterocycles. The Morgan fingerprint density at radius 2 is 2.10 bits per heavy atom. The van der Waals surface area contributed by atoms with E-state index >= 15 is 0 Å². The molecule has 2 heterocycles. The molecule has 0 atom stereocenters. The van der Waals surface area contributed by atoms with E-state index in [4.69, 9.17) is 4.74 Å². The molecular formula is C14H19N5O. The van der Waals surface area contributed by atoms with Crippen LogP contribution in [0.2, 0.25) is 0 Å². The monoisotopic (exact) mass is 273 g/mol. The zero-order chi connectivity index (χ0) is 14.2. The molecule has 0 aliphatic carbocycles. The number of nitrogens with one attached hydrogen (secondary N) is 1. The summed E-state index contributed by atoms with van der Waals surface area (Å²) < 4.78 is 5.72. The summed E-state index contributed by atoms with van der Waals surface area (Å²) in [6.07, 6.45) is 8.87. The fourth-order valence-electron chi connectivity index (χ4n) is 1.63. The Hall–Kier alpha value is -2.24. The first-order chi connectivity index (χ1) is 9.79. The summed E-state index contributed by atoms with van der Waals surface area (Å²) >= 11 is 0. The maximum Gasteiger partial charge on any atom is 0.180 e. The number of aromatic nitrogens is 4. The number of aryl methyl sites for hydroxylation is 1. The molecule has 0 unspecified atom stereocenters. The smallest absolute Gasteiger partial charge is 0.180 e. The van der Waals surface area contributed by atoms with Crippen LogP contribution < -0.4 is 10.1 Å². The van der Waals surface area contributed by atoms with Gasteiger partial charge in [-0.1, -0.05) is 13.3 Å². The predicted octanol–water partition coefficient (Wildman–Crippen LogP) is 2.37. The van der Waals surface area contributed by atoms with Gasteiger partial charge in [-0.15, -0.1) is 0 Å². The Balaban J connectivity index is 2.02. The lowest BCUT2D eigenvalue weighted by Crippen LogP contribution is -2.08. The van der Waals surface area contributed by atoms with Crippen molar-refractivity contribution in [3.63, 3.8) is 0 Å². The molecule has 2 rings (SSSR count). The van der Waals surface area contributed by atoms with E-state index in [0.717, 1.165) is 36.7 Å². The highest BCUT2D eigenvalue weighted by atomic mass is 16.5. The van der Waals surface area contributed by atoms with E-state index in [1.165, 1.54) is 0 Å². The van der Waals surface area contributed by atoms with Crippen LogP contribution in [0.1, 0.15) is 31.3 Å². The number of hydrogen-bond donors (Lipinski definition) is 1. The zero-order valence-electron chi connectivity index (χ0n) is 11.8. The Morgan fingerprint density at radius 1 is 1.20 bits per heavy atom. The van der Waals surface area contributed by atoms with Gasteiger partial charge in [-0.25, -0.2) is 9.97 Å². The van der Waals surface area contributed by atoms with E-state index in [1.54, 1.807) is 24.8 Å². The highest BCUT2D eigenvalue weighted by molar-refractivity contribution is 5.48. The molecule has 0 saturated heterocycles. The quantitative estimate of drug-likeness (QED) is 0.781. The third kappa shape index (κ3) is 4.15. The molecular weight excluding hydrogens is 254 g/mol. The van der Waals surface area contributed by atoms with E-state index in [2.05, 4.69) is 32.2 Å². The van der Waals surface area contributed by atoms with Gasteiger partial charge < -0.3 is 10.1 Å². The maximum atomic E-state index is 5.72. The van der Waals surface area contributed by atoms with Gasteiger partial charge in [0.15, 0.2) is 11.6 Å². The molecule has 6 heteroatoms. The molecule has 0 aliphatic rings. The molecule has 0 amide bonds. The average Bonchev–Trinajstić information content (AvgIpc) is 2.48. The van der Waals surface area contributed by atoms with Gasteiger partial charge in [0.1, 0.15) is 12.4 Å². The van der Waals surface area contributed by atoms with Crippen LogP contribution in [-0.2, 0) is 6.61 Å². The van der Waals surface area contributed by atoms with Crippen molar-refractivity contribution in [3.05, 3.63) is 36.3 Å². The first kappa shape index (κ1) is 14.2. The van der Waals surface area contributed by atoms with Gasteiger partial charge in [-0.2, -0.15) is 0 Å². The first-order valence-electron chi connectivity index (χ1n) is 6.74. The van der Waals surface area contributed by atoms with E-state index in [9.17, 15) is 0 Å². The topological polar surface area (TPSA) is 72.8 Å². The van der Waals surface area contributed by atoms with Crippen LogP contribution in [-0.4, -0.2) is 26.5 Å². The summed E-state index contributed by atoms with van der Waals surface area (Å²) in [5, 5.41) is 3.28. The van der Waals surface area contributed by atoms with E-state index in [-0.39, 0.29) is 0 Å². The standard InChI is InChI=1S/C14H19N5O/c1-3-4-5-17-14-13(9-18-11(2)19-14)20-10-12-8-15-6-7-16-12/h6-9H,3-5,10H2,1-2H3,(H,17,18,19). The van der Waals surface area contributed by atoms with Gasteiger partial charge in [0.05, 0.1) is 18.1 Å². The van der Waals surface area contributed by atoms with Crippen LogP contribution in [0.25, 0.3) is 0 Å². The van der Waals surface area contributed by atoms with Gasteiger partial charge in [0, 0.05) is 18.9 Å². The van der Waals surface area contributed by atoms with Gasteiger partial charge in [-0.3, -0.25) is 9.97 Å². The van der Waals surface area contributed by atoms with Crippen molar-refractivity contribution in [3.8, 4) is 5.75 Å². The van der Waals surface area contributed by atoms with Crippen molar-refractivity contribution in [1.29, 1.82) is 0 Å². The minimum Gasteiger partial charge on any atom is -0.482 e. The van der Waals surface area contributed by atoms with E-state index in [1.807, 2.05) is 6.92 Å². The molecule has 20 heavy (non-hydrogen) atoms. The van der Waals surface area contributed by atoms with Crippen molar-refractivity contribution in [2.75, 3.05) is 11.9 Å². The number of rotatable bonds is 7. The minimum atomic E-state index is 0.350. The van der Waals surface area contributed by atoms with Crippen LogP contribution >= 0.6 is 0 Å². The van der Waals surface area contributed by atoms with Gasteiger partial charge in [0.25, 0.3) is 0 Å². The largest absolute Gasteiger partial charge is 0.482 e. The first-order valence-corrected chi connectivity index (χ1v) is 6.74. The summed E-state index contributed by atoms with van der Waals surface area (Å²) in [7, 11) is 0. The van der Waals surface area contributed by atoms with Crippen LogP contribution in [0.4, 0.5) is 5.82 Å². The second-order valence-electron chi connectivity index (χ2n) is 4.40. The summed E-state index contributed by atoms with van der Waals surface area (Å²) in [6, 6.07) is 0. The van der Waals surface area contributed by atoms with Crippen molar-refractivity contribution in [2.24, 2.45) is 0 Å². The summed E-state index contributed by atoms with van der Waals surface area (Å²) in [4.78, 5) is 16.7. The summed E-state index contributed by atoms with van der Waals surface area (Å²) in [5.74, 6) is 2.09. The number of hydrogen-bond acceptors (Lipinski definition) is 6. The fourth-order valence-corrected chi connectivity index (χ4v) is 1.63. The highest BCUT2D eigenvalue weighted by Gasteiger charge is 2.07. The van der Waals surface area contributed by atoms with Gasteiger partial charge in [0.2, 0.25) is 0 Å². The second-order valence-corrected chi connectivity index (χ2v) is 4.40. The molecule has 0 aliphatic heterocycles. The Bertz CT molecular complexity index is 532. The van der Waals surface area contributed by atoms with Crippen molar-refractivity contribution in [1.82, 2.24) is 19.9 Å². The average molecular weight is 273 g/mol. The van der Waals surface area contributed by atoms with Crippen LogP contribution in [0.5, 0.6) is 5.75 Å². The number of unbranched alkanes of at least 4 members (excludes halogenated alkanes) is 1. The van der Waals surface area contributed by atoms with Crippen LogP contribution in [0.3, 0.4) is 0 Å². The number of anilines is 1. The van der Waals surface area contributed by atoms with E-state index < -0.39 is 0 Å². The molecule has 1 N–H and O–H groups in total. The third-order valence-electron chi connectivity index (χ3n) is 2.69. The fraction of sp³-hybridized carbons (Fsp3) is 0.429. The highest BCUT2D eigenvalue weighted by Crippen LogP contribution is 2.21. The Morgan fingerprint density at radius 3 is 2.85 bits per heavy atom. The van der Waals surface area contributed by atoms with Crippen molar-refractivity contribution < 1.29 is 4.74 Å².